The van der Waals surface area contributed by atoms with Crippen LogP contribution in [-0.4, -0.2) is 70.0 Å². The van der Waals surface area contributed by atoms with E-state index in [1.165, 1.54) is 12.1 Å². The summed E-state index contributed by atoms with van der Waals surface area (Å²) in [6.07, 6.45) is -2.09. The molecule has 12 nitrogen and oxygen atoms in total. The number of hydrogen-bond acceptors (Lipinski definition) is 9. The summed E-state index contributed by atoms with van der Waals surface area (Å²) >= 11 is 0. The molecular weight excluding hydrogens is 915 g/mol. The highest BCUT2D eigenvalue weighted by Crippen LogP contribution is 2.66. The van der Waals surface area contributed by atoms with Gasteiger partial charge < -0.3 is 25.6 Å². The first kappa shape index (κ1) is 48.3. The zero-order valence-electron chi connectivity index (χ0n) is 40.4. The van der Waals surface area contributed by atoms with E-state index in [-0.39, 0.29) is 18.0 Å². The van der Waals surface area contributed by atoms with Gasteiger partial charge in [-0.05, 0) is 83.2 Å². The Bertz CT molecular complexity index is 3170. The number of aliphatic hydroxyl groups is 1. The molecule has 4 N–H and O–H groups in total. The number of ether oxygens (including phenoxy) is 1. The van der Waals surface area contributed by atoms with Crippen LogP contribution in [0.5, 0.6) is 5.75 Å². The summed E-state index contributed by atoms with van der Waals surface area (Å²) in [5, 5.41) is 28.4. The zero-order valence-corrected chi connectivity index (χ0v) is 40.4. The van der Waals surface area contributed by atoms with Crippen LogP contribution in [-0.2, 0) is 31.1 Å². The average Bonchev–Trinajstić information content (AvgIpc) is 3.88. The Balaban J connectivity index is 1.20. The Morgan fingerprint density at radius 2 is 1.32 bits per heavy atom. The fraction of sp³-hybridized carbons (Fsp3) is 0.213. The van der Waals surface area contributed by atoms with E-state index in [2.05, 4.69) is 39.5 Å². The third kappa shape index (κ3) is 9.26. The summed E-state index contributed by atoms with van der Waals surface area (Å²) < 4.78 is 6.59. The van der Waals surface area contributed by atoms with Gasteiger partial charge in [-0.2, -0.15) is 0 Å². The number of urea groups is 1. The van der Waals surface area contributed by atoms with Crippen molar-refractivity contribution >= 4 is 29.5 Å². The van der Waals surface area contributed by atoms with Crippen molar-refractivity contribution in [1.82, 2.24) is 20.4 Å². The number of imide groups is 1. The maximum absolute atomic E-state index is 16.7. The van der Waals surface area contributed by atoms with Crippen LogP contribution in [0, 0.1) is 17.8 Å². The largest absolute Gasteiger partial charge is 0.508 e. The normalized spacial score (nSPS) is 21.9. The van der Waals surface area contributed by atoms with Gasteiger partial charge in [0, 0.05) is 18.7 Å². The number of aliphatic hydroxyl groups excluding tert-OH is 1. The van der Waals surface area contributed by atoms with Gasteiger partial charge in [0.25, 0.3) is 0 Å². The van der Waals surface area contributed by atoms with Crippen LogP contribution in [0.1, 0.15) is 81.8 Å². The minimum absolute atomic E-state index is 0.0415. The molecule has 7 aromatic carbocycles. The number of anilines is 1. The van der Waals surface area contributed by atoms with Crippen molar-refractivity contribution in [2.45, 2.75) is 55.3 Å². The first-order valence-electron chi connectivity index (χ1n) is 24.5. The lowest BCUT2D eigenvalue weighted by Gasteiger charge is -2.46. The van der Waals surface area contributed by atoms with Crippen LogP contribution in [0.25, 0.3) is 0 Å². The summed E-state index contributed by atoms with van der Waals surface area (Å²) in [5.41, 5.74) is 3.36. The lowest BCUT2D eigenvalue weighted by atomic mass is 9.65. The van der Waals surface area contributed by atoms with Crippen molar-refractivity contribution in [2.75, 3.05) is 25.0 Å². The second-order valence-corrected chi connectivity index (χ2v) is 18.9. The summed E-state index contributed by atoms with van der Waals surface area (Å²) in [6, 6.07) is 54.1. The first-order valence-corrected chi connectivity index (χ1v) is 24.5. The van der Waals surface area contributed by atoms with Gasteiger partial charge in [-0.3, -0.25) is 24.2 Å². The Labute approximate surface area is 424 Å². The molecule has 4 amide bonds. The molecule has 3 aliphatic heterocycles. The van der Waals surface area contributed by atoms with Crippen LogP contribution >= 0.6 is 0 Å². The standard InChI is InChI=1S/C61H55N5O7/c1-40(43-22-10-4-11-23-43)63-60(72)65-50-35-30-41(21-18-36-64(2)39-42-19-8-3-9-20-42)37-49(50)61(59(65)71)52(57(69)62-38-51(68)44-24-12-5-13-25-44)54-58(70)73-55(46-28-16-7-17-29-46)53(45-26-14-6-15-27-45)66(54)56(61)47-31-33-48(67)34-32-47/h3-17,19-20,22-35,37,40,51-56,67-68H,36,38-39H2,1-2H3,(H,62,69)(H,63,72). The van der Waals surface area contributed by atoms with Gasteiger partial charge >= 0.3 is 12.0 Å². The molecule has 8 atom stereocenters. The molecule has 0 bridgehead atoms. The highest BCUT2D eigenvalue weighted by molar-refractivity contribution is 6.24. The van der Waals surface area contributed by atoms with Gasteiger partial charge in [-0.25, -0.2) is 9.69 Å². The third-order valence-electron chi connectivity index (χ3n) is 14.3. The first-order chi connectivity index (χ1) is 35.5. The van der Waals surface area contributed by atoms with Gasteiger partial charge in [0.1, 0.15) is 23.3 Å². The van der Waals surface area contributed by atoms with E-state index in [0.29, 0.717) is 40.9 Å². The SMILES string of the molecule is CC(NC(=O)N1C(=O)C2(c3cc(C#CCN(C)Cc4ccccc4)ccc31)C(C(=O)NCC(O)c1ccccc1)C1C(=O)OC(c3ccccc3)C(c3ccccc3)N1C2c1ccc(O)cc1)c1ccccc1. The lowest BCUT2D eigenvalue weighted by Crippen LogP contribution is -2.56. The number of esters is 1. The summed E-state index contributed by atoms with van der Waals surface area (Å²) in [4.78, 5) is 68.2. The number of carbonyl (C=O) groups excluding carboxylic acids is 4. The summed E-state index contributed by atoms with van der Waals surface area (Å²) in [5.74, 6) is 2.77. The van der Waals surface area contributed by atoms with E-state index in [4.69, 9.17) is 4.74 Å². The van der Waals surface area contributed by atoms with Crippen molar-refractivity contribution in [2.24, 2.45) is 5.92 Å². The van der Waals surface area contributed by atoms with Crippen LogP contribution in [0.2, 0.25) is 0 Å². The number of carbonyl (C=O) groups is 4. The number of fused-ring (bicyclic) bond motifs is 3. The lowest BCUT2D eigenvalue weighted by molar-refractivity contribution is -0.178. The summed E-state index contributed by atoms with van der Waals surface area (Å²) in [6.45, 7) is 2.62. The van der Waals surface area contributed by atoms with Gasteiger partial charge in [0.15, 0.2) is 0 Å². The van der Waals surface area contributed by atoms with E-state index in [9.17, 15) is 10.2 Å². The average molecular weight is 970 g/mol. The molecule has 7 aromatic rings. The number of nitrogens with zero attached hydrogens (tertiary/aromatic N) is 3. The Kier molecular flexibility index (Phi) is 13.8. The number of nitrogens with one attached hydrogen (secondary N) is 2. The molecule has 366 valence electrons. The topological polar surface area (TPSA) is 152 Å². The minimum Gasteiger partial charge on any atom is -0.508 e. The van der Waals surface area contributed by atoms with Crippen LogP contribution < -0.4 is 15.5 Å². The summed E-state index contributed by atoms with van der Waals surface area (Å²) in [7, 11) is 1.98. The molecule has 8 unspecified atom stereocenters. The molecule has 12 heteroatoms. The van der Waals surface area contributed by atoms with E-state index in [0.717, 1.165) is 21.6 Å². The predicted octanol–water partition coefficient (Wildman–Crippen LogP) is 8.86. The second-order valence-electron chi connectivity index (χ2n) is 18.9. The third-order valence-corrected chi connectivity index (χ3v) is 14.3. The monoisotopic (exact) mass is 969 g/mol. The van der Waals surface area contributed by atoms with Gasteiger partial charge in [-0.1, -0.05) is 176 Å². The highest BCUT2D eigenvalue weighted by Gasteiger charge is 2.75. The molecule has 73 heavy (non-hydrogen) atoms. The number of benzene rings is 7. The number of phenols is 1. The number of aromatic hydroxyl groups is 1. The highest BCUT2D eigenvalue weighted by atomic mass is 16.6. The maximum Gasteiger partial charge on any atom is 0.329 e. The van der Waals surface area contributed by atoms with Crippen molar-refractivity contribution < 1.29 is 34.1 Å². The number of amides is 4. The van der Waals surface area contributed by atoms with Gasteiger partial charge in [0.05, 0.1) is 42.4 Å². The molecule has 2 saturated heterocycles. The Hall–Kier alpha value is -8.34. The molecular formula is C61H55N5O7. The van der Waals surface area contributed by atoms with Crippen molar-refractivity contribution in [3.63, 3.8) is 0 Å². The molecule has 0 aromatic heterocycles. The number of rotatable bonds is 12. The molecule has 10 rings (SSSR count). The van der Waals surface area contributed by atoms with E-state index in [1.807, 2.05) is 134 Å². The Morgan fingerprint density at radius 3 is 1.96 bits per heavy atom. The van der Waals surface area contributed by atoms with Crippen LogP contribution in [0.15, 0.2) is 194 Å². The fourth-order valence-corrected chi connectivity index (χ4v) is 11.0. The van der Waals surface area contributed by atoms with Crippen molar-refractivity contribution in [1.29, 1.82) is 0 Å². The van der Waals surface area contributed by atoms with Gasteiger partial charge in [0.2, 0.25) is 11.8 Å². The molecule has 3 aliphatic rings. The number of hydrogen-bond donors (Lipinski definition) is 4. The fourth-order valence-electron chi connectivity index (χ4n) is 11.0. The minimum atomic E-state index is -2.06. The van der Waals surface area contributed by atoms with Crippen molar-refractivity contribution in [3.05, 3.63) is 239 Å². The maximum atomic E-state index is 16.7. The zero-order chi connectivity index (χ0) is 50.6. The molecule has 2 fully saturated rings. The molecule has 3 heterocycles. The van der Waals surface area contributed by atoms with E-state index in [1.54, 1.807) is 54.6 Å². The van der Waals surface area contributed by atoms with E-state index < -0.39 is 71.5 Å². The predicted molar refractivity (Wildman–Crippen MR) is 277 cm³/mol. The van der Waals surface area contributed by atoms with E-state index >= 15 is 19.2 Å². The molecule has 0 saturated carbocycles. The molecule has 0 aliphatic carbocycles. The smallest absolute Gasteiger partial charge is 0.329 e. The van der Waals surface area contributed by atoms with Gasteiger partial charge in [-0.15, -0.1) is 0 Å². The molecule has 1 spiro atoms. The van der Waals surface area contributed by atoms with Crippen LogP contribution in [0.3, 0.4) is 0 Å². The van der Waals surface area contributed by atoms with Crippen molar-refractivity contribution in [3.8, 4) is 17.6 Å². The number of phenolic OH excluding ortho intramolecular Hbond substituents is 1. The second kappa shape index (κ2) is 20.8. The van der Waals surface area contributed by atoms with Crippen LogP contribution in [0.4, 0.5) is 10.5 Å². The quantitative estimate of drug-likeness (QED) is 0.0696. The Morgan fingerprint density at radius 1 is 0.726 bits per heavy atom. The number of cyclic esters (lactones) is 1. The number of morpholine rings is 1. The molecule has 0 radical (unpaired) electrons.